The highest BCUT2D eigenvalue weighted by atomic mass is 16.2. The van der Waals surface area contributed by atoms with Gasteiger partial charge in [0.15, 0.2) is 0 Å². The Labute approximate surface area is 187 Å². The molecule has 1 aliphatic heterocycles. The first-order valence-corrected chi connectivity index (χ1v) is 10.6. The first kappa shape index (κ1) is 19.8. The number of fused-ring (bicyclic) bond motifs is 1. The van der Waals surface area contributed by atoms with Crippen molar-refractivity contribution in [3.63, 3.8) is 0 Å². The molecule has 0 unspecified atom stereocenters. The van der Waals surface area contributed by atoms with Crippen molar-refractivity contribution in [2.75, 3.05) is 6.54 Å². The van der Waals surface area contributed by atoms with Gasteiger partial charge in [0.25, 0.3) is 5.91 Å². The number of carbonyl (C=O) groups excluding carboxylic acids is 1. The van der Waals surface area contributed by atoms with Crippen molar-refractivity contribution < 1.29 is 4.79 Å². The maximum atomic E-state index is 12.9. The number of benzene rings is 2. The minimum Gasteiger partial charge on any atom is -0.323 e. The molecule has 0 saturated carbocycles. The van der Waals surface area contributed by atoms with E-state index in [4.69, 9.17) is 0 Å². The first-order chi connectivity index (χ1) is 15.7. The van der Waals surface area contributed by atoms with Crippen LogP contribution in [0.15, 0.2) is 79.3 Å². The number of aromatic nitrogens is 3. The fraction of sp³-hybridized carbons (Fsp3) is 0.148. The van der Waals surface area contributed by atoms with E-state index < -0.39 is 0 Å². The van der Waals surface area contributed by atoms with Gasteiger partial charge in [-0.15, -0.1) is 0 Å². The fourth-order valence-electron chi connectivity index (χ4n) is 4.04. The number of pyridine rings is 1. The second-order valence-electron chi connectivity index (χ2n) is 7.90. The summed E-state index contributed by atoms with van der Waals surface area (Å²) in [6.45, 7) is 3.61. The third-order valence-corrected chi connectivity index (χ3v) is 5.57. The highest BCUT2D eigenvalue weighted by Crippen LogP contribution is 2.31. The van der Waals surface area contributed by atoms with Gasteiger partial charge >= 0.3 is 0 Å². The van der Waals surface area contributed by atoms with Gasteiger partial charge in [0.1, 0.15) is 0 Å². The zero-order valence-corrected chi connectivity index (χ0v) is 17.8. The van der Waals surface area contributed by atoms with Gasteiger partial charge in [-0.1, -0.05) is 42.2 Å². The van der Waals surface area contributed by atoms with Crippen LogP contribution in [0.1, 0.15) is 32.7 Å². The highest BCUT2D eigenvalue weighted by Gasteiger charge is 2.29. The van der Waals surface area contributed by atoms with Crippen LogP contribution in [0, 0.1) is 18.8 Å². The van der Waals surface area contributed by atoms with E-state index in [1.54, 1.807) is 6.20 Å². The minimum atomic E-state index is 0.0530. The topological polar surface area (TPSA) is 51.0 Å². The maximum absolute atomic E-state index is 12.9. The van der Waals surface area contributed by atoms with Gasteiger partial charge in [-0.2, -0.15) is 5.10 Å². The van der Waals surface area contributed by atoms with Gasteiger partial charge in [0.05, 0.1) is 25.0 Å². The average molecular weight is 419 g/mol. The van der Waals surface area contributed by atoms with E-state index in [-0.39, 0.29) is 5.91 Å². The van der Waals surface area contributed by atoms with Crippen LogP contribution in [-0.2, 0) is 13.1 Å². The Kier molecular flexibility index (Phi) is 5.27. The molecule has 4 aromatic rings. The molecule has 0 aliphatic carbocycles. The summed E-state index contributed by atoms with van der Waals surface area (Å²) in [5.74, 6) is 6.32. The molecule has 156 valence electrons. The van der Waals surface area contributed by atoms with Crippen molar-refractivity contribution in [1.82, 2.24) is 19.7 Å². The van der Waals surface area contributed by atoms with Crippen LogP contribution < -0.4 is 0 Å². The normalized spacial score (nSPS) is 12.4. The Bertz CT molecular complexity index is 1330. The minimum absolute atomic E-state index is 0.0530. The number of amides is 1. The Morgan fingerprint density at radius 3 is 2.69 bits per heavy atom. The molecular weight excluding hydrogens is 396 g/mol. The number of carbonyl (C=O) groups is 1. The molecule has 0 bridgehead atoms. The maximum Gasteiger partial charge on any atom is 0.255 e. The van der Waals surface area contributed by atoms with Crippen LogP contribution in [-0.4, -0.2) is 32.1 Å². The summed E-state index contributed by atoms with van der Waals surface area (Å²) in [6, 6.07) is 19.9. The summed E-state index contributed by atoms with van der Waals surface area (Å²) >= 11 is 0. The Balaban J connectivity index is 1.34. The Morgan fingerprint density at radius 2 is 1.88 bits per heavy atom. The van der Waals surface area contributed by atoms with Crippen molar-refractivity contribution in [1.29, 1.82) is 0 Å². The molecule has 0 spiro atoms. The molecule has 2 aromatic carbocycles. The van der Waals surface area contributed by atoms with Gasteiger partial charge in [0, 0.05) is 35.6 Å². The summed E-state index contributed by atoms with van der Waals surface area (Å²) in [5.41, 5.74) is 6.85. The molecule has 5 rings (SSSR count). The van der Waals surface area contributed by atoms with E-state index in [0.29, 0.717) is 19.6 Å². The van der Waals surface area contributed by atoms with Gasteiger partial charge < -0.3 is 4.90 Å². The fourth-order valence-corrected chi connectivity index (χ4v) is 4.04. The number of aryl methyl sites for hydroxylation is 1. The SMILES string of the molecule is Cc1cc(-c2cnn(Cc3ccccn3)c2)cc2c1C(=O)N(CC#Cc1ccccc1)C2. The van der Waals surface area contributed by atoms with E-state index in [2.05, 4.69) is 34.1 Å². The molecule has 2 aromatic heterocycles. The van der Waals surface area contributed by atoms with E-state index in [9.17, 15) is 4.79 Å². The molecule has 0 saturated heterocycles. The van der Waals surface area contributed by atoms with Crippen LogP contribution >= 0.6 is 0 Å². The molecular formula is C27H22N4O. The lowest BCUT2D eigenvalue weighted by molar-refractivity contribution is 0.0798. The molecule has 1 aliphatic rings. The number of rotatable bonds is 4. The smallest absolute Gasteiger partial charge is 0.255 e. The quantitative estimate of drug-likeness (QED) is 0.464. The third kappa shape index (κ3) is 4.03. The van der Waals surface area contributed by atoms with Gasteiger partial charge in [0.2, 0.25) is 0 Å². The van der Waals surface area contributed by atoms with Gasteiger partial charge in [-0.3, -0.25) is 14.5 Å². The predicted octanol–water partition coefficient (Wildman–Crippen LogP) is 4.31. The third-order valence-electron chi connectivity index (χ3n) is 5.57. The van der Waals surface area contributed by atoms with Crippen LogP contribution in [0.2, 0.25) is 0 Å². The highest BCUT2D eigenvalue weighted by molar-refractivity contribution is 6.00. The molecule has 1 amide bonds. The largest absolute Gasteiger partial charge is 0.323 e. The van der Waals surface area contributed by atoms with Crippen molar-refractivity contribution in [3.8, 4) is 23.0 Å². The lowest BCUT2D eigenvalue weighted by atomic mass is 9.98. The lowest BCUT2D eigenvalue weighted by Gasteiger charge is -2.10. The van der Waals surface area contributed by atoms with Crippen molar-refractivity contribution in [2.45, 2.75) is 20.0 Å². The van der Waals surface area contributed by atoms with E-state index >= 15 is 0 Å². The van der Waals surface area contributed by atoms with Gasteiger partial charge in [-0.25, -0.2) is 0 Å². The van der Waals surface area contributed by atoms with Crippen molar-refractivity contribution in [2.24, 2.45) is 0 Å². The van der Waals surface area contributed by atoms with Crippen molar-refractivity contribution >= 4 is 5.91 Å². The molecule has 32 heavy (non-hydrogen) atoms. The van der Waals surface area contributed by atoms with Crippen molar-refractivity contribution in [3.05, 3.63) is 107 Å². The molecule has 0 radical (unpaired) electrons. The van der Waals surface area contributed by atoms with Crippen LogP contribution in [0.3, 0.4) is 0 Å². The number of hydrogen-bond donors (Lipinski definition) is 0. The van der Waals surface area contributed by atoms with Gasteiger partial charge in [-0.05, 0) is 53.9 Å². The molecule has 5 nitrogen and oxygen atoms in total. The Morgan fingerprint density at radius 1 is 1.03 bits per heavy atom. The number of hydrogen-bond acceptors (Lipinski definition) is 3. The van der Waals surface area contributed by atoms with E-state index in [0.717, 1.165) is 39.1 Å². The average Bonchev–Trinajstić information content (AvgIpc) is 3.40. The second-order valence-corrected chi connectivity index (χ2v) is 7.90. The number of nitrogens with zero attached hydrogens (tertiary/aromatic N) is 4. The summed E-state index contributed by atoms with van der Waals surface area (Å²) in [7, 11) is 0. The van der Waals surface area contributed by atoms with E-state index in [1.165, 1.54) is 0 Å². The van der Waals surface area contributed by atoms with E-state index in [1.807, 2.05) is 77.4 Å². The first-order valence-electron chi connectivity index (χ1n) is 10.6. The standard InChI is InChI=1S/C27H22N4O/c1-20-14-22(24-16-29-31(18-24)19-25-11-5-6-12-28-25)15-23-17-30(27(32)26(20)23)13-7-10-21-8-3-2-4-9-21/h2-6,8-9,11-12,14-16,18H,13,17,19H2,1H3. The summed E-state index contributed by atoms with van der Waals surface area (Å²) < 4.78 is 1.89. The zero-order valence-electron chi connectivity index (χ0n) is 17.8. The van der Waals surface area contributed by atoms with Crippen LogP contribution in [0.5, 0.6) is 0 Å². The summed E-state index contributed by atoms with van der Waals surface area (Å²) in [6.07, 6.45) is 5.68. The molecule has 0 atom stereocenters. The molecule has 3 heterocycles. The summed E-state index contributed by atoms with van der Waals surface area (Å²) in [5, 5.41) is 4.49. The summed E-state index contributed by atoms with van der Waals surface area (Å²) in [4.78, 5) is 19.1. The monoisotopic (exact) mass is 418 g/mol. The van der Waals surface area contributed by atoms with Crippen LogP contribution in [0.25, 0.3) is 11.1 Å². The molecule has 0 N–H and O–H groups in total. The Hall–Kier alpha value is -4.17. The van der Waals surface area contributed by atoms with Crippen LogP contribution in [0.4, 0.5) is 0 Å². The molecule has 5 heteroatoms. The zero-order chi connectivity index (χ0) is 21.9. The second kappa shape index (κ2) is 8.52. The lowest BCUT2D eigenvalue weighted by Crippen LogP contribution is -2.24. The molecule has 0 fully saturated rings. The predicted molar refractivity (Wildman–Crippen MR) is 124 cm³/mol.